The van der Waals surface area contributed by atoms with Gasteiger partial charge < -0.3 is 10.4 Å². The summed E-state index contributed by atoms with van der Waals surface area (Å²) in [5, 5.41) is 11.7. The van der Waals surface area contributed by atoms with E-state index in [4.69, 9.17) is 5.11 Å². The van der Waals surface area contributed by atoms with Crippen LogP contribution >= 0.6 is 0 Å². The first-order chi connectivity index (χ1) is 10.6. The van der Waals surface area contributed by atoms with E-state index >= 15 is 0 Å². The summed E-state index contributed by atoms with van der Waals surface area (Å²) in [4.78, 5) is 33.4. The maximum absolute atomic E-state index is 11.9. The molecule has 2 aromatic carbocycles. The van der Waals surface area contributed by atoms with Gasteiger partial charge >= 0.3 is 5.97 Å². The van der Waals surface area contributed by atoms with Gasteiger partial charge in [0.15, 0.2) is 5.78 Å². The van der Waals surface area contributed by atoms with E-state index < -0.39 is 24.0 Å². The van der Waals surface area contributed by atoms with Crippen LogP contribution in [0.5, 0.6) is 0 Å². The smallest absolute Gasteiger partial charge is 0.372 e. The van der Waals surface area contributed by atoms with Crippen LogP contribution in [0.2, 0.25) is 0 Å². The van der Waals surface area contributed by atoms with Crippen LogP contribution in [0, 0.1) is 0 Å². The average molecular weight is 297 g/mol. The number of hydrogen-bond donors (Lipinski definition) is 2. The fourth-order valence-corrected chi connectivity index (χ4v) is 1.93. The van der Waals surface area contributed by atoms with Crippen molar-refractivity contribution in [3.8, 4) is 0 Å². The Hall–Kier alpha value is -2.95. The molecule has 0 fully saturated rings. The lowest BCUT2D eigenvalue weighted by molar-refractivity contribution is -0.148. The fraction of sp³-hybridized carbons (Fsp3) is 0.118. The predicted octanol–water partition coefficient (Wildman–Crippen LogP) is 2.53. The predicted molar refractivity (Wildman–Crippen MR) is 81.8 cm³/mol. The van der Waals surface area contributed by atoms with Gasteiger partial charge in [0.2, 0.25) is 5.78 Å². The minimum absolute atomic E-state index is 0.313. The minimum atomic E-state index is -1.59. The average Bonchev–Trinajstić information content (AvgIpc) is 2.54. The Balaban J connectivity index is 2.02. The summed E-state index contributed by atoms with van der Waals surface area (Å²) >= 11 is 0. The third-order valence-corrected chi connectivity index (χ3v) is 3.08. The summed E-state index contributed by atoms with van der Waals surface area (Å²) in [5.41, 5.74) is 2.14. The Morgan fingerprint density at radius 2 is 1.68 bits per heavy atom. The van der Waals surface area contributed by atoms with Gasteiger partial charge in [0.1, 0.15) is 0 Å². The number of nitrogens with one attached hydrogen (secondary N) is 1. The van der Waals surface area contributed by atoms with E-state index in [2.05, 4.69) is 5.32 Å². The fourth-order valence-electron chi connectivity index (χ4n) is 1.93. The van der Waals surface area contributed by atoms with E-state index in [1.165, 1.54) is 0 Å². The topological polar surface area (TPSA) is 83.5 Å². The molecule has 0 atom stereocenters. The Labute approximate surface area is 127 Å². The lowest BCUT2D eigenvalue weighted by Gasteiger charge is -2.08. The van der Waals surface area contributed by atoms with Gasteiger partial charge in [-0.25, -0.2) is 4.79 Å². The monoisotopic (exact) mass is 297 g/mol. The molecule has 5 heteroatoms. The van der Waals surface area contributed by atoms with E-state index in [1.54, 1.807) is 24.3 Å². The van der Waals surface area contributed by atoms with E-state index in [0.717, 1.165) is 11.3 Å². The van der Waals surface area contributed by atoms with Crippen LogP contribution in [-0.2, 0) is 16.1 Å². The van der Waals surface area contributed by atoms with Crippen LogP contribution in [0.25, 0.3) is 0 Å². The maximum atomic E-state index is 11.9. The van der Waals surface area contributed by atoms with Crippen molar-refractivity contribution >= 4 is 23.2 Å². The summed E-state index contributed by atoms with van der Waals surface area (Å²) < 4.78 is 0. The number of aliphatic carboxylic acids is 1. The Morgan fingerprint density at radius 3 is 2.36 bits per heavy atom. The Kier molecular flexibility index (Phi) is 5.03. The molecule has 0 amide bonds. The van der Waals surface area contributed by atoms with Gasteiger partial charge in [-0.3, -0.25) is 9.59 Å². The molecule has 0 aliphatic rings. The van der Waals surface area contributed by atoms with Gasteiger partial charge in [-0.05, 0) is 17.7 Å². The Morgan fingerprint density at radius 1 is 0.955 bits per heavy atom. The number of carboxylic acids is 1. The molecule has 2 rings (SSSR count). The second-order valence-corrected chi connectivity index (χ2v) is 4.75. The number of ketones is 2. The van der Waals surface area contributed by atoms with Gasteiger partial charge in [-0.15, -0.1) is 0 Å². The molecule has 0 radical (unpaired) electrons. The van der Waals surface area contributed by atoms with Gasteiger partial charge in [0, 0.05) is 17.8 Å². The summed E-state index contributed by atoms with van der Waals surface area (Å²) in [6.07, 6.45) is -0.628. The quantitative estimate of drug-likeness (QED) is 0.466. The molecular formula is C17H15NO4. The summed E-state index contributed by atoms with van der Waals surface area (Å²) in [7, 11) is 0. The minimum Gasteiger partial charge on any atom is -0.475 e. The van der Waals surface area contributed by atoms with Gasteiger partial charge in [0.05, 0.1) is 6.42 Å². The molecule has 0 heterocycles. The van der Waals surface area contributed by atoms with E-state index in [0.29, 0.717) is 12.1 Å². The van der Waals surface area contributed by atoms with Crippen LogP contribution in [0.3, 0.4) is 0 Å². The van der Waals surface area contributed by atoms with E-state index in [9.17, 15) is 14.4 Å². The van der Waals surface area contributed by atoms with Crippen LogP contribution in [0.4, 0.5) is 5.69 Å². The van der Waals surface area contributed by atoms with Crippen molar-refractivity contribution in [3.63, 3.8) is 0 Å². The largest absolute Gasteiger partial charge is 0.475 e. The van der Waals surface area contributed by atoms with Crippen LogP contribution in [0.15, 0.2) is 54.6 Å². The number of anilines is 1. The summed E-state index contributed by atoms with van der Waals surface area (Å²) in [6.45, 7) is 0.604. The normalized spacial score (nSPS) is 10.0. The molecular weight excluding hydrogens is 282 g/mol. The number of Topliss-reactive ketones (excluding diaryl/α,β-unsaturated/α-hetero) is 2. The first-order valence-corrected chi connectivity index (χ1v) is 6.73. The zero-order valence-corrected chi connectivity index (χ0v) is 11.8. The number of rotatable bonds is 7. The second-order valence-electron chi connectivity index (χ2n) is 4.75. The first-order valence-electron chi connectivity index (χ1n) is 6.73. The number of carboxylic acid groups (broad SMARTS) is 1. The van der Waals surface area contributed by atoms with Gasteiger partial charge in [-0.1, -0.05) is 42.5 Å². The number of carbonyl (C=O) groups excluding carboxylic acids is 2. The van der Waals surface area contributed by atoms with Crippen LogP contribution in [0.1, 0.15) is 22.3 Å². The number of hydrogen-bond acceptors (Lipinski definition) is 4. The second kappa shape index (κ2) is 7.17. The van der Waals surface area contributed by atoms with Crippen molar-refractivity contribution in [1.82, 2.24) is 0 Å². The van der Waals surface area contributed by atoms with Crippen LogP contribution in [-0.4, -0.2) is 22.6 Å². The lowest BCUT2D eigenvalue weighted by atomic mass is 10.1. The third-order valence-electron chi connectivity index (χ3n) is 3.08. The van der Waals surface area contributed by atoms with Crippen molar-refractivity contribution < 1.29 is 19.5 Å². The molecule has 0 saturated heterocycles. The lowest BCUT2D eigenvalue weighted by Crippen LogP contribution is -2.17. The molecule has 112 valence electrons. The zero-order valence-electron chi connectivity index (χ0n) is 11.8. The van der Waals surface area contributed by atoms with Gasteiger partial charge in [0.25, 0.3) is 0 Å². The summed E-state index contributed by atoms with van der Waals surface area (Å²) in [6, 6.07) is 16.4. The molecule has 0 spiro atoms. The highest BCUT2D eigenvalue weighted by atomic mass is 16.4. The highest BCUT2D eigenvalue weighted by molar-refractivity contribution is 6.37. The standard InChI is InChI=1S/C17H15NO4/c19-15(10-16(20)17(21)22)13-7-4-8-14(9-13)18-11-12-5-2-1-3-6-12/h1-9,18H,10-11H2,(H,21,22). The molecule has 22 heavy (non-hydrogen) atoms. The molecule has 0 aromatic heterocycles. The van der Waals surface area contributed by atoms with Gasteiger partial charge in [-0.2, -0.15) is 0 Å². The van der Waals surface area contributed by atoms with Crippen molar-refractivity contribution in [2.24, 2.45) is 0 Å². The maximum Gasteiger partial charge on any atom is 0.372 e. The highest BCUT2D eigenvalue weighted by Gasteiger charge is 2.17. The molecule has 5 nitrogen and oxygen atoms in total. The SMILES string of the molecule is O=C(O)C(=O)CC(=O)c1cccc(NCc2ccccc2)c1. The van der Waals surface area contributed by atoms with Crippen molar-refractivity contribution in [2.75, 3.05) is 5.32 Å². The zero-order chi connectivity index (χ0) is 15.9. The first kappa shape index (κ1) is 15.4. The molecule has 0 saturated carbocycles. The van der Waals surface area contributed by atoms with Crippen LogP contribution < -0.4 is 5.32 Å². The molecule has 0 aliphatic heterocycles. The molecule has 2 aromatic rings. The number of carbonyl (C=O) groups is 3. The highest BCUT2D eigenvalue weighted by Crippen LogP contribution is 2.14. The third kappa shape index (κ3) is 4.28. The van der Waals surface area contributed by atoms with Crippen molar-refractivity contribution in [1.29, 1.82) is 0 Å². The van der Waals surface area contributed by atoms with Crippen molar-refractivity contribution in [3.05, 3.63) is 65.7 Å². The molecule has 0 aliphatic carbocycles. The Bertz CT molecular complexity index is 695. The van der Waals surface area contributed by atoms with Crippen molar-refractivity contribution in [2.45, 2.75) is 13.0 Å². The molecule has 2 N–H and O–H groups in total. The molecule has 0 unspecified atom stereocenters. The van der Waals surface area contributed by atoms with E-state index in [-0.39, 0.29) is 0 Å². The number of benzene rings is 2. The van der Waals surface area contributed by atoms with E-state index in [1.807, 2.05) is 30.3 Å². The molecule has 0 bridgehead atoms. The summed E-state index contributed by atoms with van der Waals surface area (Å²) in [5.74, 6) is -3.20.